The standard InChI is InChI=1S/C25H27ClN4O3S/c1-3-29(4-2)20-14-10-17(11-15-20)22-27-28-25(33-22)34-21-7-5-6-16-30(24(21)32)23(31)18-8-12-19(26)13-9-18/h8-15,21H,3-7,16H2,1-2H3/t21-/m1/s1. The molecule has 3 aromatic rings. The summed E-state index contributed by atoms with van der Waals surface area (Å²) in [5, 5.41) is 8.72. The van der Waals surface area contributed by atoms with Crippen molar-refractivity contribution in [2.24, 2.45) is 0 Å². The SMILES string of the molecule is CCN(CC)c1ccc(-c2nnc(S[C@@H]3CCCCN(C(=O)c4ccc(Cl)cc4)C3=O)o2)cc1. The summed E-state index contributed by atoms with van der Waals surface area (Å²) < 4.78 is 5.86. The van der Waals surface area contributed by atoms with Gasteiger partial charge in [-0.15, -0.1) is 10.2 Å². The van der Waals surface area contributed by atoms with Gasteiger partial charge in [0.05, 0.1) is 5.25 Å². The molecule has 0 saturated carbocycles. The maximum atomic E-state index is 13.2. The molecule has 0 aliphatic carbocycles. The van der Waals surface area contributed by atoms with E-state index in [4.69, 9.17) is 16.0 Å². The summed E-state index contributed by atoms with van der Waals surface area (Å²) in [6, 6.07) is 14.6. The Balaban J connectivity index is 1.46. The molecular weight excluding hydrogens is 472 g/mol. The number of hydrogen-bond donors (Lipinski definition) is 0. The molecule has 0 spiro atoms. The Bertz CT molecular complexity index is 1130. The van der Waals surface area contributed by atoms with Crippen molar-refractivity contribution in [1.82, 2.24) is 15.1 Å². The molecular formula is C25H27ClN4O3S. The average molecular weight is 499 g/mol. The molecule has 1 aromatic heterocycles. The minimum absolute atomic E-state index is 0.231. The fourth-order valence-corrected chi connectivity index (χ4v) is 5.06. The maximum Gasteiger partial charge on any atom is 0.277 e. The van der Waals surface area contributed by atoms with E-state index in [1.807, 2.05) is 24.3 Å². The zero-order valence-corrected chi connectivity index (χ0v) is 20.8. The summed E-state index contributed by atoms with van der Waals surface area (Å²) in [6.07, 6.45) is 2.24. The van der Waals surface area contributed by atoms with E-state index >= 15 is 0 Å². The van der Waals surface area contributed by atoms with Gasteiger partial charge in [0.1, 0.15) is 0 Å². The molecule has 34 heavy (non-hydrogen) atoms. The highest BCUT2D eigenvalue weighted by Gasteiger charge is 2.33. The lowest BCUT2D eigenvalue weighted by Gasteiger charge is -2.21. The molecule has 0 N–H and O–H groups in total. The number of halogens is 1. The third-order valence-corrected chi connectivity index (χ3v) is 7.21. The van der Waals surface area contributed by atoms with Crippen LogP contribution >= 0.6 is 23.4 Å². The zero-order valence-electron chi connectivity index (χ0n) is 19.2. The Labute approximate surface area is 208 Å². The third-order valence-electron chi connectivity index (χ3n) is 5.87. The first-order valence-electron chi connectivity index (χ1n) is 11.5. The topological polar surface area (TPSA) is 79.5 Å². The molecule has 1 aliphatic rings. The second kappa shape index (κ2) is 11.1. The minimum atomic E-state index is -0.461. The summed E-state index contributed by atoms with van der Waals surface area (Å²) in [5.74, 6) is -0.136. The summed E-state index contributed by atoms with van der Waals surface area (Å²) >= 11 is 7.15. The molecule has 4 rings (SSSR count). The molecule has 1 fully saturated rings. The Morgan fingerprint density at radius 2 is 1.79 bits per heavy atom. The molecule has 1 atom stereocenters. The highest BCUT2D eigenvalue weighted by molar-refractivity contribution is 8.00. The predicted molar refractivity (Wildman–Crippen MR) is 134 cm³/mol. The first-order valence-corrected chi connectivity index (χ1v) is 12.7. The van der Waals surface area contributed by atoms with Crippen LogP contribution in [0.3, 0.4) is 0 Å². The van der Waals surface area contributed by atoms with Gasteiger partial charge in [-0.2, -0.15) is 0 Å². The van der Waals surface area contributed by atoms with E-state index in [1.165, 1.54) is 16.7 Å². The molecule has 0 bridgehead atoms. The van der Waals surface area contributed by atoms with E-state index in [0.29, 0.717) is 34.7 Å². The number of imide groups is 1. The van der Waals surface area contributed by atoms with Gasteiger partial charge in [-0.05, 0) is 75.2 Å². The summed E-state index contributed by atoms with van der Waals surface area (Å²) in [7, 11) is 0. The van der Waals surface area contributed by atoms with E-state index in [0.717, 1.165) is 37.2 Å². The number of hydrogen-bond acceptors (Lipinski definition) is 7. The molecule has 1 aliphatic heterocycles. The smallest absolute Gasteiger partial charge is 0.277 e. The van der Waals surface area contributed by atoms with Crippen molar-refractivity contribution in [3.05, 3.63) is 59.1 Å². The van der Waals surface area contributed by atoms with E-state index in [9.17, 15) is 9.59 Å². The van der Waals surface area contributed by atoms with Crippen molar-refractivity contribution < 1.29 is 14.0 Å². The fraction of sp³-hybridized carbons (Fsp3) is 0.360. The van der Waals surface area contributed by atoms with Crippen LogP contribution in [0.4, 0.5) is 5.69 Å². The van der Waals surface area contributed by atoms with Crippen LogP contribution in [0.2, 0.25) is 5.02 Å². The number of rotatable bonds is 7. The van der Waals surface area contributed by atoms with Crippen LogP contribution < -0.4 is 4.90 Å². The third kappa shape index (κ3) is 5.45. The Morgan fingerprint density at radius 3 is 2.47 bits per heavy atom. The summed E-state index contributed by atoms with van der Waals surface area (Å²) in [5.41, 5.74) is 2.40. The van der Waals surface area contributed by atoms with Gasteiger partial charge in [-0.3, -0.25) is 14.5 Å². The monoisotopic (exact) mass is 498 g/mol. The maximum absolute atomic E-state index is 13.2. The minimum Gasteiger partial charge on any atom is -0.411 e. The fourth-order valence-electron chi connectivity index (χ4n) is 3.97. The number of anilines is 1. The number of carbonyl (C=O) groups is 2. The normalized spacial score (nSPS) is 16.4. The van der Waals surface area contributed by atoms with Crippen molar-refractivity contribution in [3.8, 4) is 11.5 Å². The van der Waals surface area contributed by atoms with E-state index < -0.39 is 5.25 Å². The van der Waals surface area contributed by atoms with Gasteiger partial charge in [-0.1, -0.05) is 29.8 Å². The van der Waals surface area contributed by atoms with Gasteiger partial charge in [-0.25, -0.2) is 0 Å². The lowest BCUT2D eigenvalue weighted by Crippen LogP contribution is -2.41. The molecule has 2 heterocycles. The number of aromatic nitrogens is 2. The van der Waals surface area contributed by atoms with Gasteiger partial charge in [0, 0.05) is 41.5 Å². The van der Waals surface area contributed by atoms with Crippen LogP contribution in [-0.2, 0) is 4.79 Å². The second-order valence-corrected chi connectivity index (χ2v) is 9.59. The Morgan fingerprint density at radius 1 is 1.09 bits per heavy atom. The highest BCUT2D eigenvalue weighted by Crippen LogP contribution is 2.32. The number of nitrogens with zero attached hydrogens (tertiary/aromatic N) is 4. The van der Waals surface area contributed by atoms with Crippen molar-refractivity contribution in [1.29, 1.82) is 0 Å². The van der Waals surface area contributed by atoms with Crippen LogP contribution in [-0.4, -0.2) is 51.8 Å². The molecule has 2 aromatic carbocycles. The van der Waals surface area contributed by atoms with Crippen LogP contribution in [0.15, 0.2) is 58.2 Å². The zero-order chi connectivity index (χ0) is 24.1. The molecule has 7 nitrogen and oxygen atoms in total. The van der Waals surface area contributed by atoms with Gasteiger partial charge in [0.15, 0.2) is 0 Å². The number of amides is 2. The van der Waals surface area contributed by atoms with Crippen LogP contribution in [0.25, 0.3) is 11.5 Å². The van der Waals surface area contributed by atoms with Gasteiger partial charge in [0.25, 0.3) is 11.1 Å². The Kier molecular flexibility index (Phi) is 7.90. The number of benzene rings is 2. The second-order valence-electron chi connectivity index (χ2n) is 8.00. The first kappa shape index (κ1) is 24.3. The number of carbonyl (C=O) groups excluding carboxylic acids is 2. The summed E-state index contributed by atoms with van der Waals surface area (Å²) in [6.45, 7) is 6.51. The lowest BCUT2D eigenvalue weighted by molar-refractivity contribution is -0.127. The van der Waals surface area contributed by atoms with Crippen molar-refractivity contribution >= 4 is 40.9 Å². The van der Waals surface area contributed by atoms with Crippen molar-refractivity contribution in [2.45, 2.75) is 43.6 Å². The number of likely N-dealkylation sites (tertiary alicyclic amines) is 1. The van der Waals surface area contributed by atoms with Gasteiger partial charge >= 0.3 is 0 Å². The van der Waals surface area contributed by atoms with E-state index in [-0.39, 0.29) is 11.8 Å². The Hall–Kier alpha value is -2.84. The molecule has 0 unspecified atom stereocenters. The molecule has 1 saturated heterocycles. The van der Waals surface area contributed by atoms with Gasteiger partial charge in [0.2, 0.25) is 11.8 Å². The summed E-state index contributed by atoms with van der Waals surface area (Å²) in [4.78, 5) is 29.8. The highest BCUT2D eigenvalue weighted by atomic mass is 35.5. The van der Waals surface area contributed by atoms with E-state index in [2.05, 4.69) is 28.9 Å². The molecule has 178 valence electrons. The van der Waals surface area contributed by atoms with Gasteiger partial charge < -0.3 is 9.32 Å². The number of thioether (sulfide) groups is 1. The molecule has 2 amide bonds. The molecule has 9 heteroatoms. The van der Waals surface area contributed by atoms with Crippen molar-refractivity contribution in [2.75, 3.05) is 24.5 Å². The van der Waals surface area contributed by atoms with Crippen molar-refractivity contribution in [3.63, 3.8) is 0 Å². The van der Waals surface area contributed by atoms with Crippen LogP contribution in [0.1, 0.15) is 43.5 Å². The largest absolute Gasteiger partial charge is 0.411 e. The van der Waals surface area contributed by atoms with Crippen LogP contribution in [0.5, 0.6) is 0 Å². The molecule has 0 radical (unpaired) electrons. The quantitative estimate of drug-likeness (QED) is 0.395. The first-order chi connectivity index (χ1) is 16.5. The average Bonchev–Trinajstić information content (AvgIpc) is 3.25. The van der Waals surface area contributed by atoms with E-state index in [1.54, 1.807) is 24.3 Å². The van der Waals surface area contributed by atoms with Crippen LogP contribution in [0, 0.1) is 0 Å². The predicted octanol–water partition coefficient (Wildman–Crippen LogP) is 5.55. The lowest BCUT2D eigenvalue weighted by atomic mass is 10.2.